The van der Waals surface area contributed by atoms with E-state index >= 15 is 0 Å². The molecule has 4 nitrogen and oxygen atoms in total. The molecule has 2 aromatic rings. The first-order chi connectivity index (χ1) is 11.4. The fourth-order valence-electron chi connectivity index (χ4n) is 2.17. The fourth-order valence-corrected chi connectivity index (χ4v) is 2.84. The zero-order valence-corrected chi connectivity index (χ0v) is 14.5. The molecule has 0 aromatic heterocycles. The van der Waals surface area contributed by atoms with E-state index in [4.69, 9.17) is 4.18 Å². The van der Waals surface area contributed by atoms with Gasteiger partial charge in [-0.05, 0) is 31.4 Å². The van der Waals surface area contributed by atoms with Crippen molar-refractivity contribution >= 4 is 24.0 Å². The van der Waals surface area contributed by atoms with E-state index in [1.54, 1.807) is 0 Å². The Labute approximate surface area is 146 Å². The normalized spacial score (nSPS) is 13.1. The van der Waals surface area contributed by atoms with Crippen LogP contribution in [0.25, 0.3) is 0 Å². The van der Waals surface area contributed by atoms with Gasteiger partial charge in [0.15, 0.2) is 5.41 Å². The van der Waals surface area contributed by atoms with E-state index in [9.17, 15) is 14.7 Å². The van der Waals surface area contributed by atoms with Crippen molar-refractivity contribution in [3.8, 4) is 0 Å². The lowest BCUT2D eigenvalue weighted by Crippen LogP contribution is -2.39. The molecule has 5 heteroatoms. The van der Waals surface area contributed by atoms with Gasteiger partial charge in [0.1, 0.15) is 0 Å². The van der Waals surface area contributed by atoms with E-state index in [1.165, 1.54) is 6.92 Å². The Morgan fingerprint density at radius 2 is 1.67 bits per heavy atom. The molecular formula is C19H20O4S. The number of hydrogen-bond donors (Lipinski definition) is 1. The average Bonchev–Trinajstić information content (AvgIpc) is 2.57. The molecule has 2 rings (SSSR count). The van der Waals surface area contributed by atoms with Gasteiger partial charge in [-0.25, -0.2) is 4.79 Å². The van der Waals surface area contributed by atoms with Crippen LogP contribution in [0, 0.1) is 12.3 Å². The van der Waals surface area contributed by atoms with Gasteiger partial charge in [-0.2, -0.15) is 0 Å². The van der Waals surface area contributed by atoms with E-state index < -0.39 is 17.4 Å². The van der Waals surface area contributed by atoms with Crippen molar-refractivity contribution in [2.24, 2.45) is 5.41 Å². The molecule has 0 aliphatic heterocycles. The van der Waals surface area contributed by atoms with Crippen molar-refractivity contribution in [1.29, 1.82) is 0 Å². The predicted molar refractivity (Wildman–Crippen MR) is 94.5 cm³/mol. The minimum atomic E-state index is -1.61. The summed E-state index contributed by atoms with van der Waals surface area (Å²) in [5.74, 6) is -1.45. The highest BCUT2D eigenvalue weighted by Crippen LogP contribution is 2.28. The molecule has 24 heavy (non-hydrogen) atoms. The largest absolute Gasteiger partial charge is 0.480 e. The Balaban J connectivity index is 2.01. The number of carboxylic acid groups (broad SMARTS) is 1. The monoisotopic (exact) mass is 344 g/mol. The molecule has 0 fully saturated rings. The summed E-state index contributed by atoms with van der Waals surface area (Å²) in [5.41, 5.74) is 1.26. The van der Waals surface area contributed by atoms with Gasteiger partial charge in [0.05, 0.1) is 17.8 Å². The Morgan fingerprint density at radius 3 is 2.25 bits per heavy atom. The molecule has 1 N–H and O–H groups in total. The molecule has 0 aliphatic carbocycles. The summed E-state index contributed by atoms with van der Waals surface area (Å²) >= 11 is 0.959. The van der Waals surface area contributed by atoms with Crippen LogP contribution in [-0.2, 0) is 25.9 Å². The van der Waals surface area contributed by atoms with E-state index in [1.807, 2.05) is 61.5 Å². The molecule has 1 atom stereocenters. The molecule has 1 unspecified atom stereocenters. The quantitative estimate of drug-likeness (QED) is 0.607. The van der Waals surface area contributed by atoms with Crippen LogP contribution in [0.2, 0.25) is 0 Å². The van der Waals surface area contributed by atoms with Crippen molar-refractivity contribution in [3.05, 3.63) is 71.3 Å². The predicted octanol–water partition coefficient (Wildman–Crippen LogP) is 4.02. The summed E-state index contributed by atoms with van der Waals surface area (Å²) in [7, 11) is 0. The summed E-state index contributed by atoms with van der Waals surface area (Å²) in [6.45, 7) is 3.36. The second-order valence-electron chi connectivity index (χ2n) is 5.92. The van der Waals surface area contributed by atoms with Gasteiger partial charge in [0, 0.05) is 0 Å². The summed E-state index contributed by atoms with van der Waals surface area (Å²) < 4.78 is 5.17. The van der Waals surface area contributed by atoms with Gasteiger partial charge < -0.3 is 9.29 Å². The van der Waals surface area contributed by atoms with Crippen molar-refractivity contribution < 1.29 is 18.9 Å². The van der Waals surface area contributed by atoms with Crippen LogP contribution in [0.15, 0.2) is 54.6 Å². The number of carbonyl (C=O) groups excluding carboxylic acids is 1. The highest BCUT2D eigenvalue weighted by atomic mass is 32.2. The van der Waals surface area contributed by atoms with Crippen LogP contribution < -0.4 is 0 Å². The second kappa shape index (κ2) is 8.02. The van der Waals surface area contributed by atoms with E-state index in [0.717, 1.165) is 28.7 Å². The summed E-state index contributed by atoms with van der Waals surface area (Å²) in [6, 6.07) is 17.0. The van der Waals surface area contributed by atoms with Crippen LogP contribution in [0.1, 0.15) is 23.6 Å². The Morgan fingerprint density at radius 1 is 1.04 bits per heavy atom. The average molecular weight is 344 g/mol. The number of aliphatic carboxylic acids is 1. The van der Waals surface area contributed by atoms with Gasteiger partial charge in [-0.3, -0.25) is 4.79 Å². The van der Waals surface area contributed by atoms with Crippen LogP contribution in [0.5, 0.6) is 0 Å². The molecule has 0 spiro atoms. The third-order valence-corrected chi connectivity index (χ3v) is 4.52. The maximum Gasteiger partial charge on any atom is 0.335 e. The summed E-state index contributed by atoms with van der Waals surface area (Å²) in [6.07, 6.45) is 0.0906. The van der Waals surface area contributed by atoms with Crippen LogP contribution in [0.4, 0.5) is 0 Å². The minimum absolute atomic E-state index is 0.0906. The molecule has 0 bridgehead atoms. The lowest BCUT2D eigenvalue weighted by atomic mass is 9.83. The van der Waals surface area contributed by atoms with Gasteiger partial charge in [0.2, 0.25) is 0 Å². The lowest BCUT2D eigenvalue weighted by molar-refractivity contribution is -0.160. The second-order valence-corrected chi connectivity index (χ2v) is 6.61. The third-order valence-electron chi connectivity index (χ3n) is 3.80. The van der Waals surface area contributed by atoms with Crippen LogP contribution in [0.3, 0.4) is 0 Å². The SMILES string of the molecule is Cc1ccc(CC(C)(C(=O)O)C(=O)OSCc2ccccc2)cc1. The maximum atomic E-state index is 12.3. The Kier molecular flexibility index (Phi) is 6.04. The molecule has 0 radical (unpaired) electrons. The van der Waals surface area contributed by atoms with Gasteiger partial charge in [-0.15, -0.1) is 0 Å². The first-order valence-corrected chi connectivity index (χ1v) is 8.49. The molecule has 0 saturated heterocycles. The Hall–Kier alpha value is -2.27. The first kappa shape index (κ1) is 18.1. The van der Waals surface area contributed by atoms with Gasteiger partial charge in [0.25, 0.3) is 0 Å². The van der Waals surface area contributed by atoms with Gasteiger partial charge >= 0.3 is 11.9 Å². The molecular weight excluding hydrogens is 324 g/mol. The smallest absolute Gasteiger partial charge is 0.335 e. The van der Waals surface area contributed by atoms with E-state index in [-0.39, 0.29) is 6.42 Å². The lowest BCUT2D eigenvalue weighted by Gasteiger charge is -2.22. The highest BCUT2D eigenvalue weighted by molar-refractivity contribution is 7.94. The standard InChI is InChI=1S/C19H20O4S/c1-14-8-10-15(11-9-14)12-19(2,17(20)21)18(22)23-24-13-16-6-4-3-5-7-16/h3-11H,12-13H2,1-2H3,(H,20,21). The van der Waals surface area contributed by atoms with Crippen LogP contribution >= 0.6 is 12.0 Å². The van der Waals surface area contributed by atoms with Crippen molar-refractivity contribution in [1.82, 2.24) is 0 Å². The third kappa shape index (κ3) is 4.61. The Bertz CT molecular complexity index is 697. The molecule has 0 heterocycles. The summed E-state index contributed by atoms with van der Waals surface area (Å²) in [4.78, 5) is 24.0. The number of aryl methyl sites for hydroxylation is 1. The van der Waals surface area contributed by atoms with Crippen molar-refractivity contribution in [2.75, 3.05) is 0 Å². The van der Waals surface area contributed by atoms with Gasteiger partial charge in [-0.1, -0.05) is 60.2 Å². The topological polar surface area (TPSA) is 63.6 Å². The number of hydrogen-bond acceptors (Lipinski definition) is 4. The molecule has 126 valence electrons. The number of rotatable bonds is 7. The maximum absolute atomic E-state index is 12.3. The molecule has 0 saturated carbocycles. The van der Waals surface area contributed by atoms with Crippen molar-refractivity contribution in [3.63, 3.8) is 0 Å². The molecule has 2 aromatic carbocycles. The number of carbonyl (C=O) groups is 2. The number of benzene rings is 2. The highest BCUT2D eigenvalue weighted by Gasteiger charge is 2.43. The summed E-state index contributed by atoms with van der Waals surface area (Å²) in [5, 5.41) is 9.53. The zero-order valence-electron chi connectivity index (χ0n) is 13.7. The van der Waals surface area contributed by atoms with E-state index in [2.05, 4.69) is 0 Å². The van der Waals surface area contributed by atoms with E-state index in [0.29, 0.717) is 5.75 Å². The molecule has 0 amide bonds. The minimum Gasteiger partial charge on any atom is -0.480 e. The first-order valence-electron chi connectivity index (χ1n) is 7.58. The van der Waals surface area contributed by atoms with Crippen LogP contribution in [-0.4, -0.2) is 17.0 Å². The molecule has 0 aliphatic rings. The van der Waals surface area contributed by atoms with Crippen molar-refractivity contribution in [2.45, 2.75) is 26.0 Å². The zero-order chi connectivity index (χ0) is 17.6. The number of carboxylic acids is 1. The fraction of sp³-hybridized carbons (Fsp3) is 0.263.